The van der Waals surface area contributed by atoms with E-state index >= 15 is 0 Å². The number of rotatable bonds is 4. The average molecular weight is 281 g/mol. The third-order valence-corrected chi connectivity index (χ3v) is 3.48. The lowest BCUT2D eigenvalue weighted by molar-refractivity contribution is 0.707. The SMILES string of the molecule is CCCCc1nc2c3ccccc3n(CC#N)c(=O)n2n1. The van der Waals surface area contributed by atoms with Crippen LogP contribution in [0, 0.1) is 11.3 Å². The van der Waals surface area contributed by atoms with Crippen LogP contribution in [-0.2, 0) is 13.0 Å². The number of hydrogen-bond donors (Lipinski definition) is 0. The van der Waals surface area contributed by atoms with Gasteiger partial charge in [0.1, 0.15) is 6.54 Å². The molecule has 2 heterocycles. The van der Waals surface area contributed by atoms with Crippen molar-refractivity contribution in [3.63, 3.8) is 0 Å². The van der Waals surface area contributed by atoms with Crippen LogP contribution in [0.25, 0.3) is 16.6 Å². The summed E-state index contributed by atoms with van der Waals surface area (Å²) in [6.07, 6.45) is 2.79. The van der Waals surface area contributed by atoms with Gasteiger partial charge in [-0.05, 0) is 18.6 Å². The molecule has 6 heteroatoms. The number of hydrogen-bond acceptors (Lipinski definition) is 4. The zero-order valence-electron chi connectivity index (χ0n) is 11.8. The third-order valence-electron chi connectivity index (χ3n) is 3.48. The molecule has 0 aliphatic rings. The molecule has 0 spiro atoms. The number of nitrogens with zero attached hydrogens (tertiary/aromatic N) is 5. The van der Waals surface area contributed by atoms with Gasteiger partial charge in [-0.3, -0.25) is 4.57 Å². The molecule has 0 radical (unpaired) electrons. The highest BCUT2D eigenvalue weighted by molar-refractivity contribution is 5.91. The van der Waals surface area contributed by atoms with E-state index in [-0.39, 0.29) is 12.2 Å². The van der Waals surface area contributed by atoms with Gasteiger partial charge in [0.2, 0.25) is 0 Å². The van der Waals surface area contributed by atoms with E-state index in [0.29, 0.717) is 17.0 Å². The predicted molar refractivity (Wildman–Crippen MR) is 79.0 cm³/mol. The number of nitriles is 1. The van der Waals surface area contributed by atoms with Gasteiger partial charge >= 0.3 is 5.69 Å². The van der Waals surface area contributed by atoms with Gasteiger partial charge in [-0.15, -0.1) is 5.10 Å². The van der Waals surface area contributed by atoms with Gasteiger partial charge in [-0.25, -0.2) is 9.78 Å². The zero-order valence-corrected chi connectivity index (χ0v) is 11.8. The molecule has 0 fully saturated rings. The van der Waals surface area contributed by atoms with Gasteiger partial charge in [0.15, 0.2) is 11.5 Å². The van der Waals surface area contributed by atoms with E-state index in [1.54, 1.807) is 0 Å². The van der Waals surface area contributed by atoms with Crippen molar-refractivity contribution in [1.82, 2.24) is 19.2 Å². The van der Waals surface area contributed by atoms with Crippen LogP contribution in [0.4, 0.5) is 0 Å². The molecule has 0 bridgehead atoms. The Morgan fingerprint density at radius 1 is 1.33 bits per heavy atom. The van der Waals surface area contributed by atoms with Crippen molar-refractivity contribution in [3.05, 3.63) is 40.6 Å². The first-order valence-corrected chi connectivity index (χ1v) is 7.00. The Morgan fingerprint density at radius 3 is 2.90 bits per heavy atom. The van der Waals surface area contributed by atoms with Gasteiger partial charge < -0.3 is 0 Å². The second-order valence-corrected chi connectivity index (χ2v) is 4.91. The van der Waals surface area contributed by atoms with E-state index in [4.69, 9.17) is 5.26 Å². The molecule has 1 aromatic carbocycles. The van der Waals surface area contributed by atoms with E-state index in [0.717, 1.165) is 24.6 Å². The molecular weight excluding hydrogens is 266 g/mol. The molecule has 21 heavy (non-hydrogen) atoms. The lowest BCUT2D eigenvalue weighted by atomic mass is 10.2. The minimum absolute atomic E-state index is 0.000556. The molecule has 0 aliphatic heterocycles. The maximum absolute atomic E-state index is 12.5. The summed E-state index contributed by atoms with van der Waals surface area (Å²) < 4.78 is 2.74. The quantitative estimate of drug-likeness (QED) is 0.732. The van der Waals surface area contributed by atoms with Gasteiger partial charge in [-0.1, -0.05) is 25.5 Å². The molecule has 0 aliphatic carbocycles. The summed E-state index contributed by atoms with van der Waals surface area (Å²) in [6, 6.07) is 9.49. The summed E-state index contributed by atoms with van der Waals surface area (Å²) >= 11 is 0. The third kappa shape index (κ3) is 2.17. The lowest BCUT2D eigenvalue weighted by Crippen LogP contribution is -2.27. The first-order chi connectivity index (χ1) is 10.3. The van der Waals surface area contributed by atoms with E-state index in [1.807, 2.05) is 30.3 Å². The highest BCUT2D eigenvalue weighted by Crippen LogP contribution is 2.17. The standard InChI is InChI=1S/C15H15N5O/c1-2-3-8-13-17-14-11-6-4-5-7-12(11)19(10-9-16)15(21)20(14)18-13/h4-7H,2-3,8,10H2,1H3. The zero-order chi connectivity index (χ0) is 14.8. The summed E-state index contributed by atoms with van der Waals surface area (Å²) in [5.41, 5.74) is 0.961. The van der Waals surface area contributed by atoms with Crippen molar-refractivity contribution in [1.29, 1.82) is 5.26 Å². The Hall–Kier alpha value is -2.68. The highest BCUT2D eigenvalue weighted by Gasteiger charge is 2.14. The predicted octanol–water partition coefficient (Wildman–Crippen LogP) is 1.91. The Balaban J connectivity index is 2.34. The van der Waals surface area contributed by atoms with Gasteiger partial charge in [0.05, 0.1) is 11.6 Å². The Bertz CT molecular complexity index is 900. The molecule has 0 amide bonds. The molecule has 0 atom stereocenters. The van der Waals surface area contributed by atoms with Crippen LogP contribution < -0.4 is 5.69 Å². The first-order valence-electron chi connectivity index (χ1n) is 7.00. The van der Waals surface area contributed by atoms with Crippen LogP contribution >= 0.6 is 0 Å². The summed E-state index contributed by atoms with van der Waals surface area (Å²) in [4.78, 5) is 17.0. The maximum atomic E-state index is 12.5. The number of aromatic nitrogens is 4. The van der Waals surface area contributed by atoms with Crippen LogP contribution in [0.1, 0.15) is 25.6 Å². The van der Waals surface area contributed by atoms with Crippen LogP contribution in [0.15, 0.2) is 29.1 Å². The summed E-state index contributed by atoms with van der Waals surface area (Å²) in [5.74, 6) is 0.675. The monoisotopic (exact) mass is 281 g/mol. The largest absolute Gasteiger partial charge is 0.352 e. The van der Waals surface area contributed by atoms with Gasteiger partial charge in [0, 0.05) is 11.8 Å². The van der Waals surface area contributed by atoms with Gasteiger partial charge in [0.25, 0.3) is 0 Å². The minimum atomic E-state index is -0.319. The molecule has 0 saturated heterocycles. The molecular formula is C15H15N5O. The smallest absolute Gasteiger partial charge is 0.278 e. The lowest BCUT2D eigenvalue weighted by Gasteiger charge is -2.06. The van der Waals surface area contributed by atoms with Crippen LogP contribution in [0.2, 0.25) is 0 Å². The fraction of sp³-hybridized carbons (Fsp3) is 0.333. The second kappa shape index (κ2) is 5.37. The summed E-state index contributed by atoms with van der Waals surface area (Å²) in [6.45, 7) is 2.10. The molecule has 3 aromatic rings. The number of para-hydroxylation sites is 1. The topological polar surface area (TPSA) is 76.0 Å². The fourth-order valence-corrected chi connectivity index (χ4v) is 2.44. The van der Waals surface area contributed by atoms with Crippen LogP contribution in [0.3, 0.4) is 0 Å². The molecule has 0 N–H and O–H groups in total. The molecule has 3 rings (SSSR count). The molecule has 2 aromatic heterocycles. The van der Waals surface area contributed by atoms with Crippen LogP contribution in [0.5, 0.6) is 0 Å². The van der Waals surface area contributed by atoms with Crippen molar-refractivity contribution >= 4 is 16.6 Å². The van der Waals surface area contributed by atoms with E-state index in [2.05, 4.69) is 17.0 Å². The summed E-state index contributed by atoms with van der Waals surface area (Å²) in [7, 11) is 0. The highest BCUT2D eigenvalue weighted by atomic mass is 16.2. The molecule has 0 unspecified atom stereocenters. The van der Waals surface area contributed by atoms with Crippen molar-refractivity contribution < 1.29 is 0 Å². The average Bonchev–Trinajstić information content (AvgIpc) is 2.94. The van der Waals surface area contributed by atoms with Crippen molar-refractivity contribution in [2.75, 3.05) is 0 Å². The van der Waals surface area contributed by atoms with E-state index < -0.39 is 0 Å². The number of aryl methyl sites for hydroxylation is 1. The van der Waals surface area contributed by atoms with Crippen LogP contribution in [-0.4, -0.2) is 19.2 Å². The van der Waals surface area contributed by atoms with Crippen molar-refractivity contribution in [2.45, 2.75) is 32.7 Å². The van der Waals surface area contributed by atoms with Crippen molar-refractivity contribution in [3.8, 4) is 6.07 Å². The van der Waals surface area contributed by atoms with E-state index in [9.17, 15) is 4.79 Å². The Labute approximate surface area is 121 Å². The second-order valence-electron chi connectivity index (χ2n) is 4.91. The number of fused-ring (bicyclic) bond motifs is 3. The number of unbranched alkanes of at least 4 members (excludes halogenated alkanes) is 1. The fourth-order valence-electron chi connectivity index (χ4n) is 2.44. The minimum Gasteiger partial charge on any atom is -0.278 e. The van der Waals surface area contributed by atoms with Crippen molar-refractivity contribution in [2.24, 2.45) is 0 Å². The Kier molecular flexibility index (Phi) is 3.40. The number of benzene rings is 1. The van der Waals surface area contributed by atoms with E-state index in [1.165, 1.54) is 9.08 Å². The molecule has 106 valence electrons. The molecule has 6 nitrogen and oxygen atoms in total. The normalized spacial score (nSPS) is 11.0. The Morgan fingerprint density at radius 2 is 2.14 bits per heavy atom. The van der Waals surface area contributed by atoms with Gasteiger partial charge in [-0.2, -0.15) is 9.78 Å². The summed E-state index contributed by atoms with van der Waals surface area (Å²) in [5, 5.41) is 14.1. The maximum Gasteiger partial charge on any atom is 0.352 e. The first kappa shape index (κ1) is 13.3. The molecule has 0 saturated carbocycles.